The van der Waals surface area contributed by atoms with Gasteiger partial charge in [0.25, 0.3) is 11.6 Å². The van der Waals surface area contributed by atoms with Gasteiger partial charge in [-0.05, 0) is 31.7 Å². The van der Waals surface area contributed by atoms with Crippen LogP contribution in [-0.4, -0.2) is 34.9 Å². The van der Waals surface area contributed by atoms with Crippen molar-refractivity contribution in [3.8, 4) is 0 Å². The molecule has 2 N–H and O–H groups in total. The van der Waals surface area contributed by atoms with Crippen LogP contribution in [0.4, 0.5) is 5.69 Å². The number of hydrogen-bond acceptors (Lipinski definition) is 4. The molecule has 1 aromatic rings. The zero-order valence-electron chi connectivity index (χ0n) is 12.8. The molecule has 2 rings (SSSR count). The van der Waals surface area contributed by atoms with Crippen LogP contribution in [0, 0.1) is 23.0 Å². The lowest BCUT2D eigenvalue weighted by Crippen LogP contribution is -2.51. The number of aryl methyl sites for hydroxylation is 1. The van der Waals surface area contributed by atoms with Crippen LogP contribution in [0.2, 0.25) is 0 Å². The van der Waals surface area contributed by atoms with Gasteiger partial charge in [0.15, 0.2) is 0 Å². The van der Waals surface area contributed by atoms with Crippen molar-refractivity contribution in [1.29, 1.82) is 0 Å². The summed E-state index contributed by atoms with van der Waals surface area (Å²) in [5, 5.41) is 11.0. The molecule has 1 heterocycles. The van der Waals surface area contributed by atoms with Gasteiger partial charge in [0.1, 0.15) is 0 Å². The highest BCUT2D eigenvalue weighted by molar-refractivity contribution is 5.95. The predicted molar refractivity (Wildman–Crippen MR) is 87.4 cm³/mol. The van der Waals surface area contributed by atoms with Crippen LogP contribution in [0.25, 0.3) is 0 Å². The van der Waals surface area contributed by atoms with Gasteiger partial charge in [-0.2, -0.15) is 0 Å². The van der Waals surface area contributed by atoms with E-state index in [1.54, 1.807) is 24.0 Å². The number of piperidine rings is 1. The van der Waals surface area contributed by atoms with E-state index in [9.17, 15) is 14.9 Å². The van der Waals surface area contributed by atoms with Crippen LogP contribution in [0.5, 0.6) is 0 Å². The van der Waals surface area contributed by atoms with Gasteiger partial charge in [0.05, 0.1) is 4.92 Å². The highest BCUT2D eigenvalue weighted by Crippen LogP contribution is 2.26. The van der Waals surface area contributed by atoms with Crippen LogP contribution < -0.4 is 5.73 Å². The van der Waals surface area contributed by atoms with Gasteiger partial charge in [-0.3, -0.25) is 14.9 Å². The van der Waals surface area contributed by atoms with Crippen molar-refractivity contribution < 1.29 is 9.72 Å². The number of rotatable bonds is 3. The summed E-state index contributed by atoms with van der Waals surface area (Å²) in [5.41, 5.74) is 6.70. The van der Waals surface area contributed by atoms with Crippen molar-refractivity contribution in [2.24, 2.45) is 11.7 Å². The third-order valence-corrected chi connectivity index (χ3v) is 4.27. The summed E-state index contributed by atoms with van der Waals surface area (Å²) in [6.45, 7) is 4.83. The number of nitro benzene ring substituents is 1. The second-order valence-corrected chi connectivity index (χ2v) is 5.68. The highest BCUT2D eigenvalue weighted by Gasteiger charge is 2.31. The largest absolute Gasteiger partial charge is 0.334 e. The number of amides is 1. The fourth-order valence-corrected chi connectivity index (χ4v) is 2.97. The Bertz CT molecular complexity index is 565. The lowest BCUT2D eigenvalue weighted by molar-refractivity contribution is -0.385. The normalized spacial score (nSPS) is 21.1. The van der Waals surface area contributed by atoms with E-state index in [0.29, 0.717) is 30.1 Å². The molecule has 0 spiro atoms. The molecule has 0 radical (unpaired) electrons. The van der Waals surface area contributed by atoms with Crippen molar-refractivity contribution in [1.82, 2.24) is 4.90 Å². The molecule has 7 heteroatoms. The second kappa shape index (κ2) is 7.56. The number of carbonyl (C=O) groups excluding carboxylic acids is 1. The fourth-order valence-electron chi connectivity index (χ4n) is 2.97. The Labute approximate surface area is 136 Å². The average molecular weight is 328 g/mol. The summed E-state index contributed by atoms with van der Waals surface area (Å²) in [6.07, 6.45) is 2.00. The third-order valence-electron chi connectivity index (χ3n) is 4.27. The molecule has 6 nitrogen and oxygen atoms in total. The first-order chi connectivity index (χ1) is 9.95. The maximum absolute atomic E-state index is 12.6. The number of likely N-dealkylation sites (tertiary alicyclic amines) is 1. The Morgan fingerprint density at radius 3 is 2.77 bits per heavy atom. The number of halogens is 1. The van der Waals surface area contributed by atoms with Crippen LogP contribution in [-0.2, 0) is 0 Å². The van der Waals surface area contributed by atoms with Gasteiger partial charge < -0.3 is 10.6 Å². The zero-order chi connectivity index (χ0) is 15.6. The number of carbonyl (C=O) groups is 1. The highest BCUT2D eigenvalue weighted by atomic mass is 35.5. The summed E-state index contributed by atoms with van der Waals surface area (Å²) in [7, 11) is 0. The molecule has 0 bridgehead atoms. The van der Waals surface area contributed by atoms with Gasteiger partial charge in [0, 0.05) is 36.3 Å². The van der Waals surface area contributed by atoms with Crippen molar-refractivity contribution >= 4 is 24.0 Å². The van der Waals surface area contributed by atoms with Crippen LogP contribution in [0.3, 0.4) is 0 Å². The standard InChI is InChI=1S/C15H21N3O3.ClH/c1-10-4-3-7-17(14(10)9-16)15(19)12-6-5-11(2)13(8-12)18(20)21;/h5-6,8,10,14H,3-4,7,9,16H2,1-2H3;1H. The zero-order valence-corrected chi connectivity index (χ0v) is 13.6. The van der Waals surface area contributed by atoms with Crippen LogP contribution in [0.1, 0.15) is 35.7 Å². The molecule has 1 fully saturated rings. The predicted octanol–water partition coefficient (Wildman–Crippen LogP) is 2.52. The summed E-state index contributed by atoms with van der Waals surface area (Å²) in [5.74, 6) is 0.188. The molecule has 1 aliphatic heterocycles. The van der Waals surface area contributed by atoms with Crippen molar-refractivity contribution in [3.05, 3.63) is 39.4 Å². The minimum Gasteiger partial charge on any atom is -0.334 e. The minimum atomic E-state index is -0.453. The van der Waals surface area contributed by atoms with Crippen LogP contribution >= 0.6 is 12.4 Å². The monoisotopic (exact) mass is 327 g/mol. The molecule has 1 amide bonds. The maximum Gasteiger partial charge on any atom is 0.273 e. The number of nitro groups is 1. The number of benzene rings is 1. The molecule has 122 valence electrons. The lowest BCUT2D eigenvalue weighted by atomic mass is 9.90. The first-order valence-corrected chi connectivity index (χ1v) is 7.21. The molecule has 1 aromatic carbocycles. The Kier molecular flexibility index (Phi) is 6.32. The SMILES string of the molecule is Cc1ccc(C(=O)N2CCCC(C)C2CN)cc1[N+](=O)[O-].Cl. The van der Waals surface area contributed by atoms with E-state index in [0.717, 1.165) is 12.8 Å². The lowest BCUT2D eigenvalue weighted by Gasteiger charge is -2.39. The molecule has 2 unspecified atom stereocenters. The number of nitrogens with two attached hydrogens (primary N) is 1. The third kappa shape index (κ3) is 3.56. The molecule has 22 heavy (non-hydrogen) atoms. The van der Waals surface area contributed by atoms with Gasteiger partial charge in [0.2, 0.25) is 0 Å². The van der Waals surface area contributed by atoms with Gasteiger partial charge in [-0.15, -0.1) is 12.4 Å². The summed E-state index contributed by atoms with van der Waals surface area (Å²) in [4.78, 5) is 25.0. The molecule has 0 aromatic heterocycles. The molecule has 2 atom stereocenters. The van der Waals surface area contributed by atoms with Crippen molar-refractivity contribution in [3.63, 3.8) is 0 Å². The number of hydrogen-bond donors (Lipinski definition) is 1. The molecule has 0 aliphatic carbocycles. The molecule has 1 aliphatic rings. The van der Waals surface area contributed by atoms with E-state index >= 15 is 0 Å². The van der Waals surface area contributed by atoms with Gasteiger partial charge in [-0.25, -0.2) is 0 Å². The van der Waals surface area contributed by atoms with E-state index in [1.165, 1.54) is 6.07 Å². The van der Waals surface area contributed by atoms with E-state index in [-0.39, 0.29) is 30.0 Å². The minimum absolute atomic E-state index is 0. The van der Waals surface area contributed by atoms with Gasteiger partial charge >= 0.3 is 0 Å². The Hall–Kier alpha value is -1.66. The van der Waals surface area contributed by atoms with E-state index in [4.69, 9.17) is 5.73 Å². The molecular weight excluding hydrogens is 306 g/mol. The topological polar surface area (TPSA) is 89.5 Å². The number of nitrogens with zero attached hydrogens (tertiary/aromatic N) is 2. The Morgan fingerprint density at radius 2 is 2.18 bits per heavy atom. The Morgan fingerprint density at radius 1 is 1.50 bits per heavy atom. The maximum atomic E-state index is 12.6. The van der Waals surface area contributed by atoms with E-state index < -0.39 is 4.92 Å². The van der Waals surface area contributed by atoms with E-state index in [1.807, 2.05) is 0 Å². The van der Waals surface area contributed by atoms with Crippen molar-refractivity contribution in [2.75, 3.05) is 13.1 Å². The summed E-state index contributed by atoms with van der Waals surface area (Å²) in [6, 6.07) is 4.64. The Balaban J connectivity index is 0.00000242. The molecule has 0 saturated carbocycles. The molecular formula is C15H22ClN3O3. The molecule has 1 saturated heterocycles. The van der Waals surface area contributed by atoms with Crippen LogP contribution in [0.15, 0.2) is 18.2 Å². The second-order valence-electron chi connectivity index (χ2n) is 5.68. The smallest absolute Gasteiger partial charge is 0.273 e. The fraction of sp³-hybridized carbons (Fsp3) is 0.533. The summed E-state index contributed by atoms with van der Waals surface area (Å²) < 4.78 is 0. The quantitative estimate of drug-likeness (QED) is 0.682. The average Bonchev–Trinajstić information content (AvgIpc) is 2.46. The van der Waals surface area contributed by atoms with E-state index in [2.05, 4.69) is 6.92 Å². The first kappa shape index (κ1) is 18.4. The first-order valence-electron chi connectivity index (χ1n) is 7.21. The van der Waals surface area contributed by atoms with Gasteiger partial charge in [-0.1, -0.05) is 13.0 Å². The van der Waals surface area contributed by atoms with Crippen molar-refractivity contribution in [2.45, 2.75) is 32.7 Å². The summed E-state index contributed by atoms with van der Waals surface area (Å²) >= 11 is 0.